The van der Waals surface area contributed by atoms with Crippen molar-refractivity contribution in [3.8, 4) is 40.1 Å². The molecule has 402 valence electrons. The lowest BCUT2D eigenvalue weighted by Gasteiger charge is -2.27. The number of aromatic nitrogens is 3. The van der Waals surface area contributed by atoms with Crippen molar-refractivity contribution in [2.75, 3.05) is 9.80 Å². The second kappa shape index (κ2) is 20.8. The van der Waals surface area contributed by atoms with E-state index in [0.717, 1.165) is 95.1 Å². The van der Waals surface area contributed by atoms with E-state index in [1.807, 2.05) is 0 Å². The molecule has 0 aliphatic carbocycles. The van der Waals surface area contributed by atoms with Gasteiger partial charge in [-0.05, 0) is 121 Å². The lowest BCUT2D eigenvalue weighted by Crippen LogP contribution is -2.10. The zero-order valence-corrected chi connectivity index (χ0v) is 46.2. The Bertz CT molecular complexity index is 4640. The van der Waals surface area contributed by atoms with Gasteiger partial charge in [0.15, 0.2) is 0 Å². The van der Waals surface area contributed by atoms with E-state index in [4.69, 9.17) is 9.47 Å². The van der Waals surface area contributed by atoms with Crippen LogP contribution in [0, 0.1) is 0 Å². The highest BCUT2D eigenvalue weighted by molar-refractivity contribution is 6.12. The van der Waals surface area contributed by atoms with Gasteiger partial charge in [0.2, 0.25) is 0 Å². The van der Waals surface area contributed by atoms with E-state index in [9.17, 15) is 0 Å². The van der Waals surface area contributed by atoms with Crippen LogP contribution in [0.15, 0.2) is 322 Å². The molecule has 0 atom stereocenters. The number of ether oxygens (including phenoxy) is 2. The molecule has 0 radical (unpaired) electrons. The summed E-state index contributed by atoms with van der Waals surface area (Å²) in [5.74, 6) is 2.81. The van der Waals surface area contributed by atoms with Gasteiger partial charge in [0.25, 0.3) is 0 Å². The first kappa shape index (κ1) is 49.3. The predicted octanol–water partition coefficient (Wildman–Crippen LogP) is 21.5. The van der Waals surface area contributed by atoms with Crippen LogP contribution in [0.4, 0.5) is 34.1 Å². The molecule has 0 saturated heterocycles. The smallest absolute Gasteiger partial charge is 0.131 e. The second-order valence-electron chi connectivity index (χ2n) is 21.4. The number of rotatable bonds is 13. The number of benzene rings is 13. The Hall–Kier alpha value is -11.5. The third-order valence-electron chi connectivity index (χ3n) is 16.2. The molecule has 0 saturated carbocycles. The summed E-state index contributed by atoms with van der Waals surface area (Å²) in [6.45, 7) is 0. The molecule has 0 bridgehead atoms. The van der Waals surface area contributed by atoms with E-state index in [-0.39, 0.29) is 0 Å². The van der Waals surface area contributed by atoms with Crippen molar-refractivity contribution >= 4 is 99.5 Å². The van der Waals surface area contributed by atoms with E-state index in [0.29, 0.717) is 23.0 Å². The molecule has 16 rings (SSSR count). The number of nitrogens with zero attached hydrogens (tertiary/aromatic N) is 5. The second-order valence-corrected chi connectivity index (χ2v) is 21.4. The van der Waals surface area contributed by atoms with Crippen LogP contribution in [-0.2, 0) is 0 Å². The van der Waals surface area contributed by atoms with Gasteiger partial charge >= 0.3 is 0 Å². The Morgan fingerprint density at radius 2 is 0.471 bits per heavy atom. The molecule has 7 nitrogen and oxygen atoms in total. The largest absolute Gasteiger partial charge is 0.457 e. The normalized spacial score (nSPS) is 11.5. The molecule has 0 aliphatic rings. The van der Waals surface area contributed by atoms with Gasteiger partial charge in [0.1, 0.15) is 23.0 Å². The molecule has 3 heterocycles. The number of para-hydroxylation sites is 9. The van der Waals surface area contributed by atoms with Crippen LogP contribution in [-0.4, -0.2) is 13.7 Å². The van der Waals surface area contributed by atoms with Crippen LogP contribution < -0.4 is 19.3 Å². The van der Waals surface area contributed by atoms with E-state index < -0.39 is 0 Å². The topological polar surface area (TPSA) is 39.7 Å². The van der Waals surface area contributed by atoms with E-state index in [1.165, 1.54) is 21.5 Å². The highest BCUT2D eigenvalue weighted by Crippen LogP contribution is 2.45. The quantitative estimate of drug-likeness (QED) is 0.115. The van der Waals surface area contributed by atoms with Crippen LogP contribution in [0.2, 0.25) is 0 Å². The Kier molecular flexibility index (Phi) is 12.0. The van der Waals surface area contributed by atoms with E-state index in [2.05, 4.69) is 345 Å². The zero-order valence-electron chi connectivity index (χ0n) is 46.2. The lowest BCUT2D eigenvalue weighted by molar-refractivity contribution is 0.483. The average Bonchev–Trinajstić information content (AvgIpc) is 2.57. The van der Waals surface area contributed by atoms with Crippen LogP contribution in [0.1, 0.15) is 0 Å². The van der Waals surface area contributed by atoms with Gasteiger partial charge in [0.05, 0.1) is 55.8 Å². The van der Waals surface area contributed by atoms with Crippen LogP contribution in [0.25, 0.3) is 82.5 Å². The third kappa shape index (κ3) is 8.78. The molecule has 3 aromatic heterocycles. The summed E-state index contributed by atoms with van der Waals surface area (Å²) in [5.41, 5.74) is 15.5. The number of anilines is 6. The van der Waals surface area contributed by atoms with Gasteiger partial charge in [-0.3, -0.25) is 0 Å². The summed E-state index contributed by atoms with van der Waals surface area (Å²) in [7, 11) is 0. The number of hydrogen-bond donors (Lipinski definition) is 0. The summed E-state index contributed by atoms with van der Waals surface area (Å²) in [4.78, 5) is 4.59. The van der Waals surface area contributed by atoms with Gasteiger partial charge in [0, 0.05) is 97.2 Å². The summed E-state index contributed by atoms with van der Waals surface area (Å²) in [6, 6.07) is 113. The lowest BCUT2D eigenvalue weighted by atomic mass is 10.1. The molecule has 13 aromatic carbocycles. The standard InChI is InChI=1S/C78H53N5O2/c1-6-24-54(25-7-1)79(55-26-8-2-9-27-55)59-46-61(82-73-38-20-16-34-67(73)68-35-17-21-39-74(68)82)50-65(48-59)84-63-42-44-71-72-45-43-64(53-78(72)81(77(71)52-63)58-32-14-5-15-33-58)85-66-49-60(80(56-28-10-3-11-29-56)57-30-12-4-13-31-57)47-62(51-66)83-75-40-22-18-36-69(75)70-37-19-23-41-76(70)83/h1-53H. The minimum absolute atomic E-state index is 0.698. The van der Waals surface area contributed by atoms with Crippen LogP contribution >= 0.6 is 0 Å². The van der Waals surface area contributed by atoms with Crippen molar-refractivity contribution in [2.24, 2.45) is 0 Å². The van der Waals surface area contributed by atoms with Crippen molar-refractivity contribution in [1.82, 2.24) is 13.7 Å². The number of hydrogen-bond acceptors (Lipinski definition) is 4. The molecule has 85 heavy (non-hydrogen) atoms. The third-order valence-corrected chi connectivity index (χ3v) is 16.2. The van der Waals surface area contributed by atoms with Crippen molar-refractivity contribution in [3.63, 3.8) is 0 Å². The minimum Gasteiger partial charge on any atom is -0.457 e. The number of fused-ring (bicyclic) bond motifs is 9. The van der Waals surface area contributed by atoms with E-state index in [1.54, 1.807) is 0 Å². The monoisotopic (exact) mass is 1090 g/mol. The molecule has 0 spiro atoms. The van der Waals surface area contributed by atoms with Crippen LogP contribution in [0.3, 0.4) is 0 Å². The van der Waals surface area contributed by atoms with Gasteiger partial charge in [-0.1, -0.05) is 164 Å². The Balaban J connectivity index is 0.845. The average molecular weight is 1090 g/mol. The molecule has 0 amide bonds. The molecule has 0 unspecified atom stereocenters. The van der Waals surface area contributed by atoms with Gasteiger partial charge in [-0.15, -0.1) is 0 Å². The fourth-order valence-electron chi connectivity index (χ4n) is 12.6. The first-order chi connectivity index (χ1) is 42.1. The zero-order chi connectivity index (χ0) is 56.2. The summed E-state index contributed by atoms with van der Waals surface area (Å²) in [6.07, 6.45) is 0. The highest BCUT2D eigenvalue weighted by atomic mass is 16.5. The Labute approximate surface area is 491 Å². The molecule has 0 fully saturated rings. The predicted molar refractivity (Wildman–Crippen MR) is 352 cm³/mol. The summed E-state index contributed by atoms with van der Waals surface area (Å²) < 4.78 is 21.5. The molecule has 7 heteroatoms. The Morgan fingerprint density at radius 3 is 0.812 bits per heavy atom. The maximum atomic E-state index is 7.21. The maximum Gasteiger partial charge on any atom is 0.131 e. The molecule has 0 N–H and O–H groups in total. The van der Waals surface area contributed by atoms with Crippen molar-refractivity contribution in [2.45, 2.75) is 0 Å². The first-order valence-corrected chi connectivity index (χ1v) is 28.7. The SMILES string of the molecule is c1ccc(N(c2ccccc2)c2cc(Oc3ccc4c5ccc(Oc6cc(N(c7ccccc7)c7ccccc7)cc(-n7c8ccccc8c8ccccc87)c6)cc5n(-c5ccccc5)c4c3)cc(-n3c4ccccc4c4ccccc43)c2)cc1. The maximum absolute atomic E-state index is 7.21. The molecule has 16 aromatic rings. The molecule has 0 aliphatic heterocycles. The van der Waals surface area contributed by atoms with Crippen molar-refractivity contribution in [1.29, 1.82) is 0 Å². The van der Waals surface area contributed by atoms with Crippen molar-refractivity contribution in [3.05, 3.63) is 322 Å². The molecular weight excluding hydrogens is 1040 g/mol. The molecular formula is C78H53N5O2. The van der Waals surface area contributed by atoms with Crippen LogP contribution in [0.5, 0.6) is 23.0 Å². The van der Waals surface area contributed by atoms with E-state index >= 15 is 0 Å². The van der Waals surface area contributed by atoms with Gasteiger partial charge in [-0.2, -0.15) is 0 Å². The highest BCUT2D eigenvalue weighted by Gasteiger charge is 2.22. The fraction of sp³-hybridized carbons (Fsp3) is 0. The van der Waals surface area contributed by atoms with Gasteiger partial charge < -0.3 is 33.0 Å². The summed E-state index contributed by atoms with van der Waals surface area (Å²) >= 11 is 0. The minimum atomic E-state index is 0.698. The summed E-state index contributed by atoms with van der Waals surface area (Å²) in [5, 5.41) is 6.95. The fourth-order valence-corrected chi connectivity index (χ4v) is 12.6. The van der Waals surface area contributed by atoms with Crippen molar-refractivity contribution < 1.29 is 9.47 Å². The Morgan fingerprint density at radius 1 is 0.188 bits per heavy atom. The van der Waals surface area contributed by atoms with Gasteiger partial charge in [-0.25, -0.2) is 0 Å². The first-order valence-electron chi connectivity index (χ1n) is 28.7.